The van der Waals surface area contributed by atoms with Crippen molar-refractivity contribution in [1.29, 1.82) is 0 Å². The van der Waals surface area contributed by atoms with Gasteiger partial charge in [0.1, 0.15) is 5.78 Å². The quantitative estimate of drug-likeness (QED) is 0.762. The van der Waals surface area contributed by atoms with Gasteiger partial charge in [-0.1, -0.05) is 23.7 Å². The Morgan fingerprint density at radius 3 is 2.58 bits per heavy atom. The van der Waals surface area contributed by atoms with Crippen LogP contribution in [0.1, 0.15) is 23.1 Å². The molecule has 3 rings (SSSR count). The third kappa shape index (κ3) is 3.99. The molecule has 0 unspecified atom stereocenters. The van der Waals surface area contributed by atoms with Crippen molar-refractivity contribution in [3.05, 3.63) is 58.1 Å². The number of Topliss-reactive ketones (excluding diaryl/α,β-unsaturated/α-hetero) is 1. The highest BCUT2D eigenvalue weighted by Gasteiger charge is 2.33. The molecule has 2 N–H and O–H groups in total. The molecule has 1 aliphatic carbocycles. The van der Waals surface area contributed by atoms with E-state index in [4.69, 9.17) is 11.6 Å². The van der Waals surface area contributed by atoms with Crippen molar-refractivity contribution in [2.75, 3.05) is 10.6 Å². The number of anilines is 2. The Bertz CT molecular complexity index is 881. The van der Waals surface area contributed by atoms with Gasteiger partial charge in [-0.15, -0.1) is 0 Å². The zero-order chi connectivity index (χ0) is 18.9. The first-order valence-electron chi connectivity index (χ1n) is 7.81. The number of carbonyl (C=O) groups excluding carboxylic acids is 2. The van der Waals surface area contributed by atoms with E-state index in [-0.39, 0.29) is 17.9 Å². The number of hydrogen-bond donors (Lipinski definition) is 2. The Morgan fingerprint density at radius 1 is 1.08 bits per heavy atom. The van der Waals surface area contributed by atoms with Crippen molar-refractivity contribution in [1.82, 2.24) is 0 Å². The van der Waals surface area contributed by atoms with Crippen LogP contribution in [0.2, 0.25) is 5.02 Å². The number of aryl methyl sites for hydroxylation is 1. The molecule has 2 amide bonds. The monoisotopic (exact) mass is 382 g/mol. The fourth-order valence-corrected chi connectivity index (χ4v) is 3.08. The molecule has 0 saturated carbocycles. The Labute approximate surface area is 152 Å². The largest absolute Gasteiger partial charge is 0.417 e. The molecule has 0 bridgehead atoms. The zero-order valence-corrected chi connectivity index (χ0v) is 14.2. The second kappa shape index (κ2) is 6.99. The molecule has 0 spiro atoms. The van der Waals surface area contributed by atoms with Gasteiger partial charge in [0.2, 0.25) is 0 Å². The molecule has 0 atom stereocenters. The van der Waals surface area contributed by atoms with Crippen LogP contribution in [-0.2, 0) is 23.8 Å². The summed E-state index contributed by atoms with van der Waals surface area (Å²) < 4.78 is 38.7. The molecule has 136 valence electrons. The molecule has 0 radical (unpaired) electrons. The van der Waals surface area contributed by atoms with Crippen LogP contribution in [-0.4, -0.2) is 11.8 Å². The van der Waals surface area contributed by atoms with Gasteiger partial charge in [0, 0.05) is 24.2 Å². The number of ketones is 1. The van der Waals surface area contributed by atoms with E-state index in [0.29, 0.717) is 18.5 Å². The van der Waals surface area contributed by atoms with Crippen LogP contribution < -0.4 is 10.6 Å². The lowest BCUT2D eigenvalue weighted by Crippen LogP contribution is -2.23. The minimum atomic E-state index is -4.62. The lowest BCUT2D eigenvalue weighted by atomic mass is 9.89. The first-order chi connectivity index (χ1) is 12.2. The molecule has 1 aliphatic rings. The zero-order valence-electron chi connectivity index (χ0n) is 13.4. The summed E-state index contributed by atoms with van der Waals surface area (Å²) in [4.78, 5) is 23.8. The van der Waals surface area contributed by atoms with E-state index in [1.165, 1.54) is 6.07 Å². The van der Waals surface area contributed by atoms with Gasteiger partial charge in [0.25, 0.3) is 0 Å². The molecule has 0 aromatic heterocycles. The van der Waals surface area contributed by atoms with Gasteiger partial charge >= 0.3 is 12.2 Å². The molecule has 26 heavy (non-hydrogen) atoms. The number of halogens is 4. The smallest absolute Gasteiger partial charge is 0.308 e. The summed E-state index contributed by atoms with van der Waals surface area (Å²) in [7, 11) is 0. The number of nitrogens with one attached hydrogen (secondary N) is 2. The second-order valence-electron chi connectivity index (χ2n) is 5.93. The molecule has 2 aromatic carbocycles. The fraction of sp³-hybridized carbons (Fsp3) is 0.222. The van der Waals surface area contributed by atoms with Crippen LogP contribution in [0.4, 0.5) is 29.3 Å². The van der Waals surface area contributed by atoms with Crippen molar-refractivity contribution in [2.24, 2.45) is 0 Å². The van der Waals surface area contributed by atoms with Gasteiger partial charge in [0.05, 0.1) is 10.6 Å². The lowest BCUT2D eigenvalue weighted by Gasteiger charge is -2.19. The minimum Gasteiger partial charge on any atom is -0.308 e. The van der Waals surface area contributed by atoms with Gasteiger partial charge in [-0.2, -0.15) is 13.2 Å². The highest BCUT2D eigenvalue weighted by Crippen LogP contribution is 2.36. The van der Waals surface area contributed by atoms with E-state index in [0.717, 1.165) is 23.3 Å². The molecule has 0 heterocycles. The predicted octanol–water partition coefficient (Wildman–Crippen LogP) is 5.06. The van der Waals surface area contributed by atoms with Crippen LogP contribution in [0.5, 0.6) is 0 Å². The topological polar surface area (TPSA) is 58.2 Å². The summed E-state index contributed by atoms with van der Waals surface area (Å²) in [6, 6.07) is 7.72. The predicted molar refractivity (Wildman–Crippen MR) is 92.6 cm³/mol. The molecule has 0 aliphatic heterocycles. The summed E-state index contributed by atoms with van der Waals surface area (Å²) in [6.45, 7) is 0. The summed E-state index contributed by atoms with van der Waals surface area (Å²) in [6.07, 6.45) is -3.32. The Kier molecular flexibility index (Phi) is 4.91. The van der Waals surface area contributed by atoms with Gasteiger partial charge in [-0.25, -0.2) is 4.79 Å². The summed E-state index contributed by atoms with van der Waals surface area (Å²) in [5.41, 5.74) is 1.12. The molecule has 0 fully saturated rings. The van der Waals surface area contributed by atoms with Crippen LogP contribution >= 0.6 is 11.6 Å². The average molecular weight is 383 g/mol. The Hall–Kier alpha value is -2.54. The molecule has 4 nitrogen and oxygen atoms in total. The number of benzene rings is 2. The molecule has 0 saturated heterocycles. The summed E-state index contributed by atoms with van der Waals surface area (Å²) in [5, 5.41) is 4.50. The first-order valence-corrected chi connectivity index (χ1v) is 8.19. The summed E-state index contributed by atoms with van der Waals surface area (Å²) in [5.74, 6) is 0.0830. The maximum atomic E-state index is 12.9. The Morgan fingerprint density at radius 2 is 1.85 bits per heavy atom. The summed E-state index contributed by atoms with van der Waals surface area (Å²) >= 11 is 5.56. The van der Waals surface area contributed by atoms with Crippen LogP contribution in [0.15, 0.2) is 36.4 Å². The van der Waals surface area contributed by atoms with E-state index in [9.17, 15) is 22.8 Å². The third-order valence-corrected chi connectivity index (χ3v) is 4.43. The number of hydrogen-bond acceptors (Lipinski definition) is 2. The van der Waals surface area contributed by atoms with Crippen LogP contribution in [0, 0.1) is 0 Å². The van der Waals surface area contributed by atoms with E-state index in [2.05, 4.69) is 10.6 Å². The number of alkyl halides is 3. The van der Waals surface area contributed by atoms with Gasteiger partial charge in [-0.3, -0.25) is 4.79 Å². The van der Waals surface area contributed by atoms with Gasteiger partial charge in [0.15, 0.2) is 0 Å². The third-order valence-electron chi connectivity index (χ3n) is 4.10. The van der Waals surface area contributed by atoms with E-state index >= 15 is 0 Å². The number of rotatable bonds is 2. The minimum absolute atomic E-state index is 0.0416. The highest BCUT2D eigenvalue weighted by atomic mass is 35.5. The van der Waals surface area contributed by atoms with Crippen molar-refractivity contribution < 1.29 is 22.8 Å². The van der Waals surface area contributed by atoms with E-state index in [1.54, 1.807) is 12.1 Å². The SMILES string of the molecule is O=C1CCc2cccc(NC(=O)Nc3ccc(Cl)c(C(F)(F)F)c3)c2C1. The maximum absolute atomic E-state index is 12.9. The van der Waals surface area contributed by atoms with Crippen molar-refractivity contribution >= 4 is 34.8 Å². The van der Waals surface area contributed by atoms with Crippen molar-refractivity contribution in [3.8, 4) is 0 Å². The van der Waals surface area contributed by atoms with Crippen LogP contribution in [0.3, 0.4) is 0 Å². The standard InChI is InChI=1S/C18H14ClF3N2O2/c19-15-7-5-11(8-14(15)18(20,21)22)23-17(26)24-16-3-1-2-10-4-6-12(25)9-13(10)16/h1-3,5,7-8H,4,6,9H2,(H2,23,24,26). The number of carbonyl (C=O) groups is 2. The maximum Gasteiger partial charge on any atom is 0.417 e. The highest BCUT2D eigenvalue weighted by molar-refractivity contribution is 6.31. The fourth-order valence-electron chi connectivity index (χ4n) is 2.86. The number of urea groups is 1. The number of amides is 2. The first kappa shape index (κ1) is 18.3. The van der Waals surface area contributed by atoms with E-state index in [1.807, 2.05) is 6.07 Å². The van der Waals surface area contributed by atoms with Crippen molar-refractivity contribution in [3.63, 3.8) is 0 Å². The van der Waals surface area contributed by atoms with Gasteiger partial charge in [-0.05, 0) is 41.8 Å². The molecular weight excluding hydrogens is 369 g/mol. The van der Waals surface area contributed by atoms with Crippen molar-refractivity contribution in [2.45, 2.75) is 25.4 Å². The average Bonchev–Trinajstić information content (AvgIpc) is 2.56. The van der Waals surface area contributed by atoms with Gasteiger partial charge < -0.3 is 10.6 Å². The second-order valence-corrected chi connectivity index (χ2v) is 6.34. The normalized spacial score (nSPS) is 13.9. The van der Waals surface area contributed by atoms with E-state index < -0.39 is 22.8 Å². The number of fused-ring (bicyclic) bond motifs is 1. The Balaban J connectivity index is 1.78. The lowest BCUT2D eigenvalue weighted by molar-refractivity contribution is -0.137. The molecule has 2 aromatic rings. The molecular formula is C18H14ClF3N2O2. The molecule has 8 heteroatoms. The van der Waals surface area contributed by atoms with Crippen LogP contribution in [0.25, 0.3) is 0 Å².